The summed E-state index contributed by atoms with van der Waals surface area (Å²) in [5.74, 6) is 0.980. The Kier molecular flexibility index (Phi) is 7.66. The van der Waals surface area contributed by atoms with E-state index < -0.39 is 0 Å². The van der Waals surface area contributed by atoms with Gasteiger partial charge in [0.1, 0.15) is 6.61 Å². The van der Waals surface area contributed by atoms with Gasteiger partial charge in [-0.15, -0.1) is 0 Å². The molecule has 0 radical (unpaired) electrons. The lowest BCUT2D eigenvalue weighted by Gasteiger charge is -2.15. The number of benzene rings is 3. The van der Waals surface area contributed by atoms with E-state index in [2.05, 4.69) is 5.32 Å². The smallest absolute Gasteiger partial charge is 0.180 e. The van der Waals surface area contributed by atoms with Crippen molar-refractivity contribution < 1.29 is 9.47 Å². The highest BCUT2D eigenvalue weighted by Crippen LogP contribution is 2.37. The minimum atomic E-state index is 0.269. The summed E-state index contributed by atoms with van der Waals surface area (Å²) in [6, 6.07) is 14.2. The molecule has 1 N–H and O–H groups in total. The van der Waals surface area contributed by atoms with E-state index in [4.69, 9.17) is 67.5 Å². The summed E-state index contributed by atoms with van der Waals surface area (Å²) < 4.78 is 11.3. The quantitative estimate of drug-likeness (QED) is 0.362. The van der Waals surface area contributed by atoms with E-state index in [0.29, 0.717) is 43.2 Å². The first kappa shape index (κ1) is 22.2. The van der Waals surface area contributed by atoms with Crippen LogP contribution in [0.25, 0.3) is 0 Å². The minimum absolute atomic E-state index is 0.269. The molecule has 0 fully saturated rings. The maximum atomic E-state index is 6.45. The molecular formula is C21H16Cl5NO2. The third-order valence-electron chi connectivity index (χ3n) is 4.02. The molecule has 0 saturated carbocycles. The molecule has 0 unspecified atom stereocenters. The predicted octanol–water partition coefficient (Wildman–Crippen LogP) is 8.15. The lowest BCUT2D eigenvalue weighted by Crippen LogP contribution is -2.03. The molecule has 0 saturated heterocycles. The van der Waals surface area contributed by atoms with Gasteiger partial charge in [-0.25, -0.2) is 0 Å². The Morgan fingerprint density at radius 3 is 2.10 bits per heavy atom. The van der Waals surface area contributed by atoms with E-state index in [9.17, 15) is 0 Å². The molecule has 0 aliphatic heterocycles. The molecule has 0 amide bonds. The van der Waals surface area contributed by atoms with E-state index in [1.54, 1.807) is 37.4 Å². The third kappa shape index (κ3) is 6.00. The molecule has 3 nitrogen and oxygen atoms in total. The molecule has 0 bridgehead atoms. The average molecular weight is 492 g/mol. The van der Waals surface area contributed by atoms with E-state index in [-0.39, 0.29) is 6.61 Å². The van der Waals surface area contributed by atoms with Gasteiger partial charge < -0.3 is 14.8 Å². The number of nitrogens with one attached hydrogen (secondary N) is 1. The monoisotopic (exact) mass is 489 g/mol. The predicted molar refractivity (Wildman–Crippen MR) is 123 cm³/mol. The van der Waals surface area contributed by atoms with Crippen molar-refractivity contribution >= 4 is 63.7 Å². The molecule has 29 heavy (non-hydrogen) atoms. The Morgan fingerprint density at radius 2 is 1.45 bits per heavy atom. The van der Waals surface area contributed by atoms with Gasteiger partial charge in [0.25, 0.3) is 0 Å². The molecule has 0 spiro atoms. The van der Waals surface area contributed by atoms with Gasteiger partial charge in [0, 0.05) is 22.3 Å². The molecule has 0 aliphatic rings. The molecule has 152 valence electrons. The average Bonchev–Trinajstić information content (AvgIpc) is 2.67. The van der Waals surface area contributed by atoms with Crippen LogP contribution >= 0.6 is 58.0 Å². The Bertz CT molecular complexity index is 1010. The van der Waals surface area contributed by atoms with Crippen LogP contribution in [0.1, 0.15) is 11.1 Å². The van der Waals surface area contributed by atoms with Crippen LogP contribution in [-0.2, 0) is 13.2 Å². The van der Waals surface area contributed by atoms with Crippen LogP contribution in [0.4, 0.5) is 5.69 Å². The maximum absolute atomic E-state index is 6.45. The van der Waals surface area contributed by atoms with Crippen molar-refractivity contribution in [3.8, 4) is 11.5 Å². The number of methoxy groups -OCH3 is 1. The van der Waals surface area contributed by atoms with Gasteiger partial charge in [0.05, 0.1) is 22.2 Å². The van der Waals surface area contributed by atoms with Gasteiger partial charge in [-0.05, 0) is 53.6 Å². The van der Waals surface area contributed by atoms with E-state index >= 15 is 0 Å². The zero-order chi connectivity index (χ0) is 21.0. The van der Waals surface area contributed by atoms with E-state index in [0.717, 1.165) is 16.8 Å². The Balaban J connectivity index is 1.73. The summed E-state index contributed by atoms with van der Waals surface area (Å²) in [6.45, 7) is 0.769. The Morgan fingerprint density at radius 1 is 0.759 bits per heavy atom. The zero-order valence-electron chi connectivity index (χ0n) is 15.2. The molecule has 3 aromatic rings. The normalized spacial score (nSPS) is 10.7. The number of anilines is 1. The standard InChI is InChI=1S/C21H16Cl5NO2/c1-28-20-6-13(10-27-16-8-14(22)7-15(23)9-16)5-19(26)21(20)29-11-12-2-3-17(24)18(25)4-12/h2-9,27H,10-11H2,1H3. The van der Waals surface area contributed by atoms with Gasteiger partial charge >= 0.3 is 0 Å². The van der Waals surface area contributed by atoms with Crippen LogP contribution in [0.15, 0.2) is 48.5 Å². The molecule has 0 atom stereocenters. The molecule has 0 aromatic heterocycles. The highest BCUT2D eigenvalue weighted by atomic mass is 35.5. The number of hydrogen-bond donors (Lipinski definition) is 1. The third-order valence-corrected chi connectivity index (χ3v) is 5.47. The fourth-order valence-corrected chi connectivity index (χ4v) is 3.79. The van der Waals surface area contributed by atoms with Crippen molar-refractivity contribution in [1.82, 2.24) is 0 Å². The first-order valence-electron chi connectivity index (χ1n) is 8.49. The van der Waals surface area contributed by atoms with Crippen LogP contribution in [0.3, 0.4) is 0 Å². The van der Waals surface area contributed by atoms with Crippen molar-refractivity contribution in [2.24, 2.45) is 0 Å². The first-order valence-corrected chi connectivity index (χ1v) is 10.4. The van der Waals surface area contributed by atoms with Crippen molar-refractivity contribution in [3.63, 3.8) is 0 Å². The SMILES string of the molecule is COc1cc(CNc2cc(Cl)cc(Cl)c2)cc(Cl)c1OCc1ccc(Cl)c(Cl)c1. The Labute approximate surface area is 194 Å². The fraction of sp³-hybridized carbons (Fsp3) is 0.143. The summed E-state index contributed by atoms with van der Waals surface area (Å²) in [5, 5.41) is 5.76. The van der Waals surface area contributed by atoms with Crippen molar-refractivity contribution in [1.29, 1.82) is 0 Å². The lowest BCUT2D eigenvalue weighted by atomic mass is 10.2. The number of hydrogen-bond acceptors (Lipinski definition) is 3. The second-order valence-corrected chi connectivity index (χ2v) is 8.25. The van der Waals surface area contributed by atoms with Crippen molar-refractivity contribution in [2.45, 2.75) is 13.2 Å². The summed E-state index contributed by atoms with van der Waals surface area (Å²) in [4.78, 5) is 0. The van der Waals surface area contributed by atoms with Gasteiger partial charge in [0.15, 0.2) is 11.5 Å². The van der Waals surface area contributed by atoms with Crippen LogP contribution in [0, 0.1) is 0 Å². The van der Waals surface area contributed by atoms with Gasteiger partial charge in [-0.3, -0.25) is 0 Å². The van der Waals surface area contributed by atoms with Gasteiger partial charge in [-0.1, -0.05) is 64.1 Å². The van der Waals surface area contributed by atoms with Crippen LogP contribution in [0.2, 0.25) is 25.1 Å². The second kappa shape index (κ2) is 10.0. The highest BCUT2D eigenvalue weighted by molar-refractivity contribution is 6.42. The lowest BCUT2D eigenvalue weighted by molar-refractivity contribution is 0.284. The molecular weight excluding hydrogens is 476 g/mol. The zero-order valence-corrected chi connectivity index (χ0v) is 19.0. The maximum Gasteiger partial charge on any atom is 0.180 e. The number of rotatable bonds is 7. The first-order chi connectivity index (χ1) is 13.9. The summed E-state index contributed by atoms with van der Waals surface area (Å²) in [6.07, 6.45) is 0. The van der Waals surface area contributed by atoms with Crippen LogP contribution in [-0.4, -0.2) is 7.11 Å². The molecule has 3 aromatic carbocycles. The summed E-state index contributed by atoms with van der Waals surface area (Å²) in [5.41, 5.74) is 2.57. The fourth-order valence-electron chi connectivity index (χ4n) is 2.66. The van der Waals surface area contributed by atoms with Crippen LogP contribution in [0.5, 0.6) is 11.5 Å². The molecule has 0 heterocycles. The Hall–Kier alpha value is -1.49. The van der Waals surface area contributed by atoms with Gasteiger partial charge in [0.2, 0.25) is 0 Å². The van der Waals surface area contributed by atoms with E-state index in [1.165, 1.54) is 0 Å². The molecule has 0 aliphatic carbocycles. The van der Waals surface area contributed by atoms with Crippen molar-refractivity contribution in [3.05, 3.63) is 84.8 Å². The topological polar surface area (TPSA) is 30.5 Å². The largest absolute Gasteiger partial charge is 0.493 e. The highest BCUT2D eigenvalue weighted by Gasteiger charge is 2.13. The second-order valence-electron chi connectivity index (χ2n) is 6.16. The van der Waals surface area contributed by atoms with E-state index in [1.807, 2.05) is 18.2 Å². The summed E-state index contributed by atoms with van der Waals surface area (Å²) >= 11 is 30.5. The van der Waals surface area contributed by atoms with Gasteiger partial charge in [-0.2, -0.15) is 0 Å². The molecule has 8 heteroatoms. The minimum Gasteiger partial charge on any atom is -0.493 e. The summed E-state index contributed by atoms with van der Waals surface area (Å²) in [7, 11) is 1.56. The number of ether oxygens (including phenoxy) is 2. The number of halogens is 5. The van der Waals surface area contributed by atoms with Crippen LogP contribution < -0.4 is 14.8 Å². The molecule has 3 rings (SSSR count). The van der Waals surface area contributed by atoms with Crippen molar-refractivity contribution in [2.75, 3.05) is 12.4 Å².